The van der Waals surface area contributed by atoms with Gasteiger partial charge in [-0.1, -0.05) is 13.8 Å². The van der Waals surface area contributed by atoms with Gasteiger partial charge in [-0.3, -0.25) is 9.79 Å². The summed E-state index contributed by atoms with van der Waals surface area (Å²) in [5.41, 5.74) is 0. The number of furan rings is 1. The van der Waals surface area contributed by atoms with Gasteiger partial charge in [0.2, 0.25) is 5.91 Å². The van der Waals surface area contributed by atoms with Gasteiger partial charge in [0.25, 0.3) is 0 Å². The molecule has 0 bridgehead atoms. The molecule has 0 radical (unpaired) electrons. The van der Waals surface area contributed by atoms with Crippen molar-refractivity contribution in [1.82, 2.24) is 15.5 Å². The van der Waals surface area contributed by atoms with Gasteiger partial charge in [0, 0.05) is 44.6 Å². The molecule has 142 valence electrons. The average molecular weight is 527 g/mol. The van der Waals surface area contributed by atoms with Crippen LogP contribution >= 0.6 is 39.9 Å². The number of amides is 1. The molecule has 1 saturated heterocycles. The van der Waals surface area contributed by atoms with Gasteiger partial charge in [-0.25, -0.2) is 0 Å². The number of carbonyl (C=O) groups is 1. The van der Waals surface area contributed by atoms with E-state index in [-0.39, 0.29) is 41.8 Å². The Hall–Kier alpha value is -0.770. The highest BCUT2D eigenvalue weighted by Crippen LogP contribution is 2.14. The number of likely N-dealkylation sites (tertiary alicyclic amines) is 1. The predicted octanol–water partition coefficient (Wildman–Crippen LogP) is 3.01. The van der Waals surface area contributed by atoms with E-state index in [1.165, 1.54) is 0 Å². The van der Waals surface area contributed by atoms with Crippen molar-refractivity contribution in [2.45, 2.75) is 39.7 Å². The van der Waals surface area contributed by atoms with Crippen LogP contribution in [-0.4, -0.2) is 49.0 Å². The Balaban J connectivity index is 0.00000312. The fourth-order valence-electron chi connectivity index (χ4n) is 2.72. The molecule has 1 aromatic rings. The molecule has 8 heteroatoms. The lowest BCUT2D eigenvalue weighted by Crippen LogP contribution is -2.45. The van der Waals surface area contributed by atoms with Crippen molar-refractivity contribution in [2.75, 3.05) is 26.2 Å². The first-order chi connectivity index (χ1) is 11.5. The molecule has 1 unspecified atom stereocenters. The lowest BCUT2D eigenvalue weighted by Gasteiger charge is -2.20. The first-order valence-electron chi connectivity index (χ1n) is 8.57. The molecule has 6 nitrogen and oxygen atoms in total. The number of nitrogens with one attached hydrogen (secondary N) is 2. The minimum Gasteiger partial charge on any atom is -0.454 e. The van der Waals surface area contributed by atoms with E-state index in [0.29, 0.717) is 6.54 Å². The zero-order chi connectivity index (χ0) is 17.5. The third-order valence-electron chi connectivity index (χ3n) is 3.94. The summed E-state index contributed by atoms with van der Waals surface area (Å²) in [5, 5.41) is 6.70. The van der Waals surface area contributed by atoms with Gasteiger partial charge in [0.05, 0.1) is 0 Å². The van der Waals surface area contributed by atoms with Gasteiger partial charge < -0.3 is 20.0 Å². The van der Waals surface area contributed by atoms with Crippen LogP contribution < -0.4 is 10.6 Å². The van der Waals surface area contributed by atoms with Crippen molar-refractivity contribution in [1.29, 1.82) is 0 Å². The highest BCUT2D eigenvalue weighted by atomic mass is 127. The van der Waals surface area contributed by atoms with E-state index in [0.717, 1.165) is 48.9 Å². The van der Waals surface area contributed by atoms with Crippen molar-refractivity contribution in [3.05, 3.63) is 22.6 Å². The molecule has 0 spiro atoms. The smallest absolute Gasteiger partial charge is 0.225 e. The van der Waals surface area contributed by atoms with Crippen molar-refractivity contribution in [3.63, 3.8) is 0 Å². The lowest BCUT2D eigenvalue weighted by molar-refractivity contribution is -0.133. The number of carbonyl (C=O) groups excluding carboxylic acids is 1. The number of nitrogens with zero attached hydrogens (tertiary/aromatic N) is 2. The maximum Gasteiger partial charge on any atom is 0.225 e. The fourth-order valence-corrected chi connectivity index (χ4v) is 3.06. The first kappa shape index (κ1) is 22.3. The van der Waals surface area contributed by atoms with Gasteiger partial charge in [-0.15, -0.1) is 24.0 Å². The topological polar surface area (TPSA) is 69.9 Å². The molecule has 1 aliphatic heterocycles. The molecule has 2 rings (SSSR count). The number of aliphatic imine (C=N–C) groups is 1. The fraction of sp³-hybridized carbons (Fsp3) is 0.647. The van der Waals surface area contributed by atoms with E-state index in [1.54, 1.807) is 0 Å². The number of guanidine groups is 1. The number of hydrogen-bond donors (Lipinski definition) is 2. The zero-order valence-electron chi connectivity index (χ0n) is 15.0. The molecule has 2 N–H and O–H groups in total. The van der Waals surface area contributed by atoms with Gasteiger partial charge in [0.15, 0.2) is 10.6 Å². The standard InChI is InChI=1S/C17H27BrN4O2.HI/c1-4-19-17(20-9-7-14-5-6-15(18)24-14)21-13-8-10-22(11-13)16(23)12(2)3;/h5-6,12-13H,4,7-11H2,1-3H3,(H2,19,20,21);1H. The van der Waals surface area contributed by atoms with Crippen LogP contribution in [0.15, 0.2) is 26.2 Å². The van der Waals surface area contributed by atoms with Crippen LogP contribution in [0.4, 0.5) is 0 Å². The maximum absolute atomic E-state index is 12.1. The Morgan fingerprint density at radius 3 is 2.84 bits per heavy atom. The van der Waals surface area contributed by atoms with Crippen LogP contribution in [0.2, 0.25) is 0 Å². The van der Waals surface area contributed by atoms with Crippen molar-refractivity contribution >= 4 is 51.8 Å². The zero-order valence-corrected chi connectivity index (χ0v) is 19.0. The van der Waals surface area contributed by atoms with E-state index in [2.05, 4.69) is 31.6 Å². The Bertz CT molecular complexity index is 577. The van der Waals surface area contributed by atoms with Gasteiger partial charge in [-0.2, -0.15) is 0 Å². The highest BCUT2D eigenvalue weighted by Gasteiger charge is 2.27. The van der Waals surface area contributed by atoms with Crippen LogP contribution in [-0.2, 0) is 11.2 Å². The lowest BCUT2D eigenvalue weighted by atomic mass is 10.2. The van der Waals surface area contributed by atoms with Crippen LogP contribution in [0.5, 0.6) is 0 Å². The highest BCUT2D eigenvalue weighted by molar-refractivity contribution is 14.0. The summed E-state index contributed by atoms with van der Waals surface area (Å²) in [7, 11) is 0. The normalized spacial score (nSPS) is 17.6. The molecular formula is C17H28BrIN4O2. The summed E-state index contributed by atoms with van der Waals surface area (Å²) < 4.78 is 6.23. The Labute approximate surface area is 175 Å². The Morgan fingerprint density at radius 2 is 2.24 bits per heavy atom. The van der Waals surface area contributed by atoms with E-state index in [4.69, 9.17) is 4.42 Å². The average Bonchev–Trinajstić information content (AvgIpc) is 3.16. The third kappa shape index (κ3) is 7.16. The summed E-state index contributed by atoms with van der Waals surface area (Å²) in [4.78, 5) is 18.6. The first-order valence-corrected chi connectivity index (χ1v) is 9.36. The number of halogens is 2. The van der Waals surface area contributed by atoms with Crippen LogP contribution in [0.1, 0.15) is 33.0 Å². The van der Waals surface area contributed by atoms with Crippen LogP contribution in [0, 0.1) is 5.92 Å². The monoisotopic (exact) mass is 526 g/mol. The van der Waals surface area contributed by atoms with Crippen LogP contribution in [0.25, 0.3) is 0 Å². The predicted molar refractivity (Wildman–Crippen MR) is 114 cm³/mol. The third-order valence-corrected chi connectivity index (χ3v) is 4.36. The summed E-state index contributed by atoms with van der Waals surface area (Å²) in [6.07, 6.45) is 1.71. The minimum atomic E-state index is 0. The molecule has 1 aliphatic rings. The minimum absolute atomic E-state index is 0. The summed E-state index contributed by atoms with van der Waals surface area (Å²) in [5.74, 6) is 1.99. The molecule has 1 amide bonds. The molecule has 2 heterocycles. The molecule has 1 atom stereocenters. The molecule has 1 fully saturated rings. The number of rotatable bonds is 6. The number of hydrogen-bond acceptors (Lipinski definition) is 3. The Kier molecular flexibility index (Phi) is 9.84. The van der Waals surface area contributed by atoms with Crippen molar-refractivity contribution in [2.24, 2.45) is 10.9 Å². The quantitative estimate of drug-likeness (QED) is 0.339. The van der Waals surface area contributed by atoms with Crippen molar-refractivity contribution < 1.29 is 9.21 Å². The van der Waals surface area contributed by atoms with E-state index in [9.17, 15) is 4.79 Å². The molecular weight excluding hydrogens is 499 g/mol. The largest absolute Gasteiger partial charge is 0.454 e. The molecule has 0 aliphatic carbocycles. The van der Waals surface area contributed by atoms with Gasteiger partial charge in [-0.05, 0) is 41.4 Å². The van der Waals surface area contributed by atoms with Crippen LogP contribution in [0.3, 0.4) is 0 Å². The molecule has 25 heavy (non-hydrogen) atoms. The second-order valence-electron chi connectivity index (χ2n) is 6.29. The van der Waals surface area contributed by atoms with Gasteiger partial charge in [0.1, 0.15) is 5.76 Å². The Morgan fingerprint density at radius 1 is 1.48 bits per heavy atom. The second kappa shape index (κ2) is 11.1. The summed E-state index contributed by atoms with van der Waals surface area (Å²) in [6.45, 7) is 8.95. The summed E-state index contributed by atoms with van der Waals surface area (Å²) >= 11 is 3.30. The molecule has 1 aromatic heterocycles. The van der Waals surface area contributed by atoms with E-state index < -0.39 is 0 Å². The van der Waals surface area contributed by atoms with E-state index in [1.807, 2.05) is 37.8 Å². The van der Waals surface area contributed by atoms with Crippen molar-refractivity contribution in [3.8, 4) is 0 Å². The summed E-state index contributed by atoms with van der Waals surface area (Å²) in [6, 6.07) is 4.09. The maximum atomic E-state index is 12.1. The van der Waals surface area contributed by atoms with E-state index >= 15 is 0 Å². The molecule has 0 saturated carbocycles. The van der Waals surface area contributed by atoms with Gasteiger partial charge >= 0.3 is 0 Å². The second-order valence-corrected chi connectivity index (χ2v) is 7.07. The SMILES string of the molecule is CCNC(=NCCc1ccc(Br)o1)NC1CCN(C(=O)C(C)C)C1.I. The molecule has 0 aromatic carbocycles.